The van der Waals surface area contributed by atoms with Crippen LogP contribution in [0.1, 0.15) is 27.2 Å². The first-order valence-corrected chi connectivity index (χ1v) is 3.98. The fraction of sp³-hybridized carbons (Fsp3) is 0.875. The van der Waals surface area contributed by atoms with Crippen LogP contribution in [0.25, 0.3) is 0 Å². The van der Waals surface area contributed by atoms with Crippen LogP contribution in [0.15, 0.2) is 0 Å². The third kappa shape index (κ3) is 2.99. The van der Waals surface area contributed by atoms with E-state index in [1.165, 1.54) is 0 Å². The SMILES string of the molecule is CCOC(C=O)(CC)OCC. The average Bonchev–Trinajstić information content (AvgIpc) is 2.04. The van der Waals surface area contributed by atoms with Gasteiger partial charge in [-0.3, -0.25) is 4.79 Å². The molecule has 11 heavy (non-hydrogen) atoms. The van der Waals surface area contributed by atoms with E-state index in [1.807, 2.05) is 20.8 Å². The van der Waals surface area contributed by atoms with Crippen LogP contribution >= 0.6 is 0 Å². The van der Waals surface area contributed by atoms with E-state index in [0.29, 0.717) is 19.6 Å². The Hall–Kier alpha value is -0.410. The van der Waals surface area contributed by atoms with Crippen LogP contribution in [0, 0.1) is 0 Å². The van der Waals surface area contributed by atoms with Crippen molar-refractivity contribution in [2.24, 2.45) is 0 Å². The van der Waals surface area contributed by atoms with E-state index < -0.39 is 5.79 Å². The average molecular weight is 160 g/mol. The molecule has 0 rings (SSSR count). The molecule has 0 aliphatic heterocycles. The summed E-state index contributed by atoms with van der Waals surface area (Å²) in [5.74, 6) is -0.997. The molecule has 0 aliphatic rings. The highest BCUT2D eigenvalue weighted by Gasteiger charge is 2.27. The third-order valence-electron chi connectivity index (χ3n) is 1.45. The molecule has 0 spiro atoms. The number of aldehydes is 1. The number of hydrogen-bond acceptors (Lipinski definition) is 3. The van der Waals surface area contributed by atoms with Gasteiger partial charge in [-0.2, -0.15) is 0 Å². The van der Waals surface area contributed by atoms with Crippen LogP contribution in [0.3, 0.4) is 0 Å². The zero-order valence-electron chi connectivity index (χ0n) is 7.42. The molecule has 0 heterocycles. The second kappa shape index (κ2) is 5.27. The minimum absolute atomic E-state index is 0.493. The van der Waals surface area contributed by atoms with Crippen molar-refractivity contribution in [2.75, 3.05) is 13.2 Å². The van der Waals surface area contributed by atoms with Crippen molar-refractivity contribution in [3.63, 3.8) is 0 Å². The maximum atomic E-state index is 10.6. The van der Waals surface area contributed by atoms with Gasteiger partial charge in [0.2, 0.25) is 5.79 Å². The molecule has 3 heteroatoms. The minimum Gasteiger partial charge on any atom is -0.344 e. The molecule has 0 fully saturated rings. The van der Waals surface area contributed by atoms with E-state index in [-0.39, 0.29) is 0 Å². The van der Waals surface area contributed by atoms with Gasteiger partial charge in [-0.15, -0.1) is 0 Å². The van der Waals surface area contributed by atoms with Gasteiger partial charge in [0.1, 0.15) is 0 Å². The largest absolute Gasteiger partial charge is 0.344 e. The van der Waals surface area contributed by atoms with Crippen LogP contribution in [0.2, 0.25) is 0 Å². The van der Waals surface area contributed by atoms with Crippen LogP contribution in [0.5, 0.6) is 0 Å². The fourth-order valence-corrected chi connectivity index (χ4v) is 0.886. The Labute approximate surface area is 67.7 Å². The van der Waals surface area contributed by atoms with E-state index in [1.54, 1.807) is 0 Å². The summed E-state index contributed by atoms with van der Waals surface area (Å²) in [5, 5.41) is 0. The molecule has 0 N–H and O–H groups in total. The Balaban J connectivity index is 4.07. The summed E-state index contributed by atoms with van der Waals surface area (Å²) in [6, 6.07) is 0. The van der Waals surface area contributed by atoms with Crippen molar-refractivity contribution in [2.45, 2.75) is 33.0 Å². The highest BCUT2D eigenvalue weighted by molar-refractivity contribution is 5.59. The summed E-state index contributed by atoms with van der Waals surface area (Å²) in [6.07, 6.45) is 1.28. The predicted molar refractivity (Wildman–Crippen MR) is 42.3 cm³/mol. The zero-order chi connectivity index (χ0) is 8.74. The molecule has 3 nitrogen and oxygen atoms in total. The summed E-state index contributed by atoms with van der Waals surface area (Å²) < 4.78 is 10.4. The summed E-state index contributed by atoms with van der Waals surface area (Å²) in [5.41, 5.74) is 0. The number of rotatable bonds is 6. The van der Waals surface area contributed by atoms with Gasteiger partial charge in [-0.05, 0) is 13.8 Å². The lowest BCUT2D eigenvalue weighted by atomic mass is 10.2. The predicted octanol–water partition coefficient (Wildman–Crippen LogP) is 1.36. The van der Waals surface area contributed by atoms with Crippen LogP contribution in [-0.2, 0) is 14.3 Å². The van der Waals surface area contributed by atoms with Crippen molar-refractivity contribution in [1.29, 1.82) is 0 Å². The van der Waals surface area contributed by atoms with Crippen LogP contribution in [0.4, 0.5) is 0 Å². The molecule has 66 valence electrons. The van der Waals surface area contributed by atoms with Crippen molar-refractivity contribution < 1.29 is 14.3 Å². The number of carbonyl (C=O) groups is 1. The maximum Gasteiger partial charge on any atom is 0.225 e. The molecule has 0 aromatic rings. The Kier molecular flexibility index (Phi) is 5.07. The van der Waals surface area contributed by atoms with Gasteiger partial charge in [-0.25, -0.2) is 0 Å². The summed E-state index contributed by atoms with van der Waals surface area (Å²) >= 11 is 0. The monoisotopic (exact) mass is 160 g/mol. The highest BCUT2D eigenvalue weighted by Crippen LogP contribution is 2.14. The number of carbonyl (C=O) groups excluding carboxylic acids is 1. The van der Waals surface area contributed by atoms with Crippen molar-refractivity contribution in [3.05, 3.63) is 0 Å². The van der Waals surface area contributed by atoms with Gasteiger partial charge in [-0.1, -0.05) is 6.92 Å². The first kappa shape index (κ1) is 10.6. The quantitative estimate of drug-likeness (QED) is 0.435. The van der Waals surface area contributed by atoms with Crippen LogP contribution < -0.4 is 0 Å². The molecule has 0 bridgehead atoms. The second-order valence-corrected chi connectivity index (χ2v) is 2.15. The summed E-state index contributed by atoms with van der Waals surface area (Å²) in [7, 11) is 0. The lowest BCUT2D eigenvalue weighted by Crippen LogP contribution is -2.37. The van der Waals surface area contributed by atoms with Crippen molar-refractivity contribution in [1.82, 2.24) is 0 Å². The van der Waals surface area contributed by atoms with E-state index in [0.717, 1.165) is 6.29 Å². The van der Waals surface area contributed by atoms with E-state index in [2.05, 4.69) is 0 Å². The van der Waals surface area contributed by atoms with E-state index >= 15 is 0 Å². The summed E-state index contributed by atoms with van der Waals surface area (Å²) in [4.78, 5) is 10.6. The van der Waals surface area contributed by atoms with E-state index in [4.69, 9.17) is 9.47 Å². The Morgan fingerprint density at radius 3 is 1.82 bits per heavy atom. The first-order valence-electron chi connectivity index (χ1n) is 3.98. The maximum absolute atomic E-state index is 10.6. The Bertz CT molecular complexity index is 106. The van der Waals surface area contributed by atoms with Gasteiger partial charge >= 0.3 is 0 Å². The molecule has 0 unspecified atom stereocenters. The molecule has 0 amide bonds. The molecule has 0 aromatic carbocycles. The number of ether oxygens (including phenoxy) is 2. The molecule has 0 saturated heterocycles. The minimum atomic E-state index is -0.997. The van der Waals surface area contributed by atoms with Gasteiger partial charge in [0.15, 0.2) is 6.29 Å². The topological polar surface area (TPSA) is 35.5 Å². The van der Waals surface area contributed by atoms with Crippen LogP contribution in [-0.4, -0.2) is 25.3 Å². The van der Waals surface area contributed by atoms with Gasteiger partial charge in [0.05, 0.1) is 0 Å². The van der Waals surface area contributed by atoms with Gasteiger partial charge in [0, 0.05) is 19.6 Å². The second-order valence-electron chi connectivity index (χ2n) is 2.15. The smallest absolute Gasteiger partial charge is 0.225 e. The molecular weight excluding hydrogens is 144 g/mol. The fourth-order valence-electron chi connectivity index (χ4n) is 0.886. The Morgan fingerprint density at radius 2 is 1.64 bits per heavy atom. The normalized spacial score (nSPS) is 11.5. The molecule has 0 aromatic heterocycles. The van der Waals surface area contributed by atoms with Gasteiger partial charge in [0.25, 0.3) is 0 Å². The molecular formula is C8H16O3. The van der Waals surface area contributed by atoms with Crippen molar-refractivity contribution in [3.8, 4) is 0 Å². The Morgan fingerprint density at radius 1 is 1.18 bits per heavy atom. The zero-order valence-corrected chi connectivity index (χ0v) is 7.42. The lowest BCUT2D eigenvalue weighted by molar-refractivity contribution is -0.216. The molecule has 0 aliphatic carbocycles. The summed E-state index contributed by atoms with van der Waals surface area (Å²) in [6.45, 7) is 6.53. The number of hydrogen-bond donors (Lipinski definition) is 0. The standard InChI is InChI=1S/C8H16O3/c1-4-8(7-9,10-5-2)11-6-3/h7H,4-6H2,1-3H3. The molecule has 0 radical (unpaired) electrons. The van der Waals surface area contributed by atoms with Crippen molar-refractivity contribution >= 4 is 6.29 Å². The van der Waals surface area contributed by atoms with E-state index in [9.17, 15) is 4.79 Å². The molecule has 0 saturated carbocycles. The highest BCUT2D eigenvalue weighted by atomic mass is 16.7. The first-order chi connectivity index (χ1) is 5.24. The molecule has 0 atom stereocenters. The lowest BCUT2D eigenvalue weighted by Gasteiger charge is -2.25. The van der Waals surface area contributed by atoms with Gasteiger partial charge < -0.3 is 9.47 Å². The third-order valence-corrected chi connectivity index (χ3v) is 1.45.